The number of nitrogens with one attached hydrogen (secondary N) is 1. The van der Waals surface area contributed by atoms with Gasteiger partial charge in [-0.1, -0.05) is 0 Å². The largest absolute Gasteiger partial charge is 0.497 e. The van der Waals surface area contributed by atoms with Gasteiger partial charge >= 0.3 is 0 Å². The number of amides is 1. The third kappa shape index (κ3) is 2.81. The molecule has 1 atom stereocenters. The lowest BCUT2D eigenvalue weighted by atomic mass is 10.1. The topological polar surface area (TPSA) is 50.8 Å². The molecule has 0 aliphatic carbocycles. The molecule has 1 saturated heterocycles. The molecule has 0 unspecified atom stereocenters. The zero-order valence-corrected chi connectivity index (χ0v) is 11.6. The summed E-state index contributed by atoms with van der Waals surface area (Å²) in [5.41, 5.74) is 0.581. The molecule has 0 bridgehead atoms. The van der Waals surface area contributed by atoms with Crippen LogP contribution in [-0.2, 0) is 0 Å². The average molecular weight is 264 g/mol. The lowest BCUT2D eigenvalue weighted by Gasteiger charge is -2.34. The van der Waals surface area contributed by atoms with Gasteiger partial charge in [-0.25, -0.2) is 0 Å². The third-order valence-electron chi connectivity index (χ3n) is 3.40. The van der Waals surface area contributed by atoms with Gasteiger partial charge in [-0.3, -0.25) is 4.79 Å². The maximum absolute atomic E-state index is 12.6. The van der Waals surface area contributed by atoms with Crippen molar-refractivity contribution in [3.05, 3.63) is 23.8 Å². The van der Waals surface area contributed by atoms with Crippen molar-refractivity contribution in [2.24, 2.45) is 0 Å². The zero-order chi connectivity index (χ0) is 13.8. The normalized spacial score (nSPS) is 19.1. The maximum Gasteiger partial charge on any atom is 0.257 e. The van der Waals surface area contributed by atoms with Gasteiger partial charge in [0.05, 0.1) is 19.8 Å². The molecule has 0 spiro atoms. The van der Waals surface area contributed by atoms with Crippen LogP contribution in [0, 0.1) is 0 Å². The molecule has 1 fully saturated rings. The second-order valence-electron chi connectivity index (χ2n) is 4.62. The fourth-order valence-corrected chi connectivity index (χ4v) is 2.27. The van der Waals surface area contributed by atoms with E-state index in [9.17, 15) is 4.79 Å². The lowest BCUT2D eigenvalue weighted by molar-refractivity contribution is 0.0652. The Kier molecular flexibility index (Phi) is 4.27. The molecule has 1 aromatic carbocycles. The molecule has 1 aromatic rings. The van der Waals surface area contributed by atoms with Crippen molar-refractivity contribution < 1.29 is 14.3 Å². The fraction of sp³-hybridized carbons (Fsp3) is 0.500. The van der Waals surface area contributed by atoms with Crippen LogP contribution in [-0.4, -0.2) is 50.7 Å². The van der Waals surface area contributed by atoms with E-state index in [1.807, 2.05) is 11.8 Å². The van der Waals surface area contributed by atoms with Gasteiger partial charge in [-0.05, 0) is 19.1 Å². The van der Waals surface area contributed by atoms with E-state index in [0.717, 1.165) is 19.6 Å². The summed E-state index contributed by atoms with van der Waals surface area (Å²) in [6.07, 6.45) is 0. The first-order valence-electron chi connectivity index (χ1n) is 6.41. The summed E-state index contributed by atoms with van der Waals surface area (Å²) in [4.78, 5) is 14.4. The smallest absolute Gasteiger partial charge is 0.257 e. The Hall–Kier alpha value is -1.75. The predicted molar refractivity (Wildman–Crippen MR) is 72.9 cm³/mol. The summed E-state index contributed by atoms with van der Waals surface area (Å²) in [5.74, 6) is 1.24. The molecule has 0 radical (unpaired) electrons. The third-order valence-corrected chi connectivity index (χ3v) is 3.40. The van der Waals surface area contributed by atoms with Gasteiger partial charge in [0.2, 0.25) is 0 Å². The molecule has 1 aliphatic rings. The zero-order valence-electron chi connectivity index (χ0n) is 11.6. The van der Waals surface area contributed by atoms with Crippen LogP contribution < -0.4 is 14.8 Å². The molecule has 104 valence electrons. The number of hydrogen-bond acceptors (Lipinski definition) is 4. The van der Waals surface area contributed by atoms with Gasteiger partial charge in [0, 0.05) is 31.7 Å². The van der Waals surface area contributed by atoms with Crippen molar-refractivity contribution in [3.63, 3.8) is 0 Å². The first kappa shape index (κ1) is 13.7. The van der Waals surface area contributed by atoms with Crippen LogP contribution in [0.15, 0.2) is 18.2 Å². The standard InChI is InChI=1S/C14H20N2O3/c1-10-9-15-6-7-16(10)14(17)12-5-4-11(18-2)8-13(12)19-3/h4-5,8,10,15H,6-7,9H2,1-3H3/t10-/m0/s1. The minimum absolute atomic E-state index is 0.00787. The number of piperazine rings is 1. The number of benzene rings is 1. The molecule has 1 N–H and O–H groups in total. The number of methoxy groups -OCH3 is 2. The van der Waals surface area contributed by atoms with Crippen molar-refractivity contribution in [1.29, 1.82) is 0 Å². The van der Waals surface area contributed by atoms with Crippen molar-refractivity contribution in [2.75, 3.05) is 33.9 Å². The number of hydrogen-bond donors (Lipinski definition) is 1. The van der Waals surface area contributed by atoms with Crippen molar-refractivity contribution in [2.45, 2.75) is 13.0 Å². The van der Waals surface area contributed by atoms with Crippen LogP contribution in [0.2, 0.25) is 0 Å². The summed E-state index contributed by atoms with van der Waals surface area (Å²) >= 11 is 0. The van der Waals surface area contributed by atoms with E-state index < -0.39 is 0 Å². The molecule has 5 heteroatoms. The minimum Gasteiger partial charge on any atom is -0.497 e. The van der Waals surface area contributed by atoms with Gasteiger partial charge < -0.3 is 19.7 Å². The van der Waals surface area contributed by atoms with Crippen LogP contribution in [0.1, 0.15) is 17.3 Å². The van der Waals surface area contributed by atoms with Crippen LogP contribution in [0.25, 0.3) is 0 Å². The van der Waals surface area contributed by atoms with Crippen LogP contribution in [0.3, 0.4) is 0 Å². The first-order chi connectivity index (χ1) is 9.17. The van der Waals surface area contributed by atoms with E-state index in [1.54, 1.807) is 32.4 Å². The van der Waals surface area contributed by atoms with E-state index in [4.69, 9.17) is 9.47 Å². The minimum atomic E-state index is 0.00787. The highest BCUT2D eigenvalue weighted by Gasteiger charge is 2.26. The van der Waals surface area contributed by atoms with Crippen LogP contribution in [0.5, 0.6) is 11.5 Å². The molecule has 1 heterocycles. The van der Waals surface area contributed by atoms with E-state index in [0.29, 0.717) is 17.1 Å². The molecule has 0 aromatic heterocycles. The predicted octanol–water partition coefficient (Wildman–Crippen LogP) is 1.14. The highest BCUT2D eigenvalue weighted by atomic mass is 16.5. The Morgan fingerprint density at radius 1 is 1.37 bits per heavy atom. The lowest BCUT2D eigenvalue weighted by Crippen LogP contribution is -2.52. The number of nitrogens with zero attached hydrogens (tertiary/aromatic N) is 1. The average Bonchev–Trinajstić information content (AvgIpc) is 2.46. The summed E-state index contributed by atoms with van der Waals surface area (Å²) in [7, 11) is 3.15. The Balaban J connectivity index is 2.27. The Bertz CT molecular complexity index is 462. The molecule has 2 rings (SSSR count). The molecular formula is C14H20N2O3. The van der Waals surface area contributed by atoms with Crippen LogP contribution >= 0.6 is 0 Å². The molecular weight excluding hydrogens is 244 g/mol. The van der Waals surface area contributed by atoms with Gasteiger partial charge in [0.1, 0.15) is 11.5 Å². The van der Waals surface area contributed by atoms with Crippen molar-refractivity contribution in [3.8, 4) is 11.5 Å². The molecule has 1 amide bonds. The number of ether oxygens (including phenoxy) is 2. The second kappa shape index (κ2) is 5.93. The number of carbonyl (C=O) groups is 1. The van der Waals surface area contributed by atoms with Gasteiger partial charge in [-0.2, -0.15) is 0 Å². The first-order valence-corrected chi connectivity index (χ1v) is 6.41. The Labute approximate surface area is 113 Å². The molecule has 5 nitrogen and oxygen atoms in total. The maximum atomic E-state index is 12.6. The van der Waals surface area contributed by atoms with Crippen molar-refractivity contribution >= 4 is 5.91 Å². The van der Waals surface area contributed by atoms with E-state index in [2.05, 4.69) is 5.32 Å². The van der Waals surface area contributed by atoms with E-state index in [-0.39, 0.29) is 11.9 Å². The highest BCUT2D eigenvalue weighted by molar-refractivity contribution is 5.97. The highest BCUT2D eigenvalue weighted by Crippen LogP contribution is 2.26. The Morgan fingerprint density at radius 2 is 2.16 bits per heavy atom. The molecule has 1 aliphatic heterocycles. The summed E-state index contributed by atoms with van der Waals surface area (Å²) < 4.78 is 10.4. The summed E-state index contributed by atoms with van der Waals surface area (Å²) in [6.45, 7) is 4.41. The van der Waals surface area contributed by atoms with Gasteiger partial charge in [-0.15, -0.1) is 0 Å². The monoisotopic (exact) mass is 264 g/mol. The molecule has 0 saturated carbocycles. The SMILES string of the molecule is COc1ccc(C(=O)N2CCNC[C@@H]2C)c(OC)c1. The quantitative estimate of drug-likeness (QED) is 0.889. The summed E-state index contributed by atoms with van der Waals surface area (Å²) in [6, 6.07) is 5.46. The van der Waals surface area contributed by atoms with Gasteiger partial charge in [0.25, 0.3) is 5.91 Å². The number of carbonyl (C=O) groups excluding carboxylic acids is 1. The molecule has 19 heavy (non-hydrogen) atoms. The van der Waals surface area contributed by atoms with Crippen LogP contribution in [0.4, 0.5) is 0 Å². The van der Waals surface area contributed by atoms with E-state index in [1.165, 1.54) is 0 Å². The number of rotatable bonds is 3. The van der Waals surface area contributed by atoms with Gasteiger partial charge in [0.15, 0.2) is 0 Å². The fourth-order valence-electron chi connectivity index (χ4n) is 2.27. The Morgan fingerprint density at radius 3 is 2.79 bits per heavy atom. The van der Waals surface area contributed by atoms with Crippen molar-refractivity contribution in [1.82, 2.24) is 10.2 Å². The summed E-state index contributed by atoms with van der Waals surface area (Å²) in [5, 5.41) is 3.27. The second-order valence-corrected chi connectivity index (χ2v) is 4.62. The van der Waals surface area contributed by atoms with E-state index >= 15 is 0 Å².